The van der Waals surface area contributed by atoms with Crippen molar-refractivity contribution in [1.29, 1.82) is 0 Å². The van der Waals surface area contributed by atoms with Crippen molar-refractivity contribution in [2.24, 2.45) is 7.05 Å². The number of pyridine rings is 1. The van der Waals surface area contributed by atoms with E-state index in [-0.39, 0.29) is 22.5 Å². The van der Waals surface area contributed by atoms with Crippen LogP contribution in [0.1, 0.15) is 34.0 Å². The number of aliphatic hydroxyl groups excluding tert-OH is 1. The average molecular weight is 482 g/mol. The maximum absolute atomic E-state index is 15.0. The lowest BCUT2D eigenvalue weighted by Gasteiger charge is -2.18. The van der Waals surface area contributed by atoms with Crippen molar-refractivity contribution in [3.63, 3.8) is 0 Å². The summed E-state index contributed by atoms with van der Waals surface area (Å²) in [6, 6.07) is 9.98. The highest BCUT2D eigenvalue weighted by molar-refractivity contribution is 5.95. The third-order valence-corrected chi connectivity index (χ3v) is 5.51. The minimum Gasteiger partial charge on any atom is -0.394 e. The number of aliphatic hydroxyl groups is 1. The van der Waals surface area contributed by atoms with E-state index in [1.54, 1.807) is 30.2 Å². The van der Waals surface area contributed by atoms with Gasteiger partial charge in [0.15, 0.2) is 0 Å². The molecule has 180 valence electrons. The van der Waals surface area contributed by atoms with E-state index < -0.39 is 30.8 Å². The Morgan fingerprint density at radius 3 is 2.54 bits per heavy atom. The zero-order valence-electron chi connectivity index (χ0n) is 18.5. The van der Waals surface area contributed by atoms with Gasteiger partial charge < -0.3 is 16.2 Å². The predicted molar refractivity (Wildman–Crippen MR) is 123 cm³/mol. The van der Waals surface area contributed by atoms with E-state index in [4.69, 9.17) is 5.73 Å². The SMILES string of the molecule is Cn1nncc1-c1cnc(N)c(-c2ccc(C(=O)N[C@H](CO)c3cccc(C(F)F)c3)c(F)c2)c1. The number of benzene rings is 2. The number of nitrogen functional groups attached to an aromatic ring is 1. The maximum Gasteiger partial charge on any atom is 0.263 e. The molecule has 0 aliphatic carbocycles. The molecule has 0 saturated carbocycles. The highest BCUT2D eigenvalue weighted by Crippen LogP contribution is 2.30. The van der Waals surface area contributed by atoms with Crippen molar-refractivity contribution < 1.29 is 23.1 Å². The van der Waals surface area contributed by atoms with Crippen LogP contribution in [-0.2, 0) is 7.05 Å². The van der Waals surface area contributed by atoms with Gasteiger partial charge in [0.1, 0.15) is 11.6 Å². The summed E-state index contributed by atoms with van der Waals surface area (Å²) in [5, 5.41) is 19.9. The van der Waals surface area contributed by atoms with Gasteiger partial charge in [0, 0.05) is 29.9 Å². The molecule has 8 nitrogen and oxygen atoms in total. The Bertz CT molecular complexity index is 1380. The van der Waals surface area contributed by atoms with E-state index in [1.165, 1.54) is 36.4 Å². The number of alkyl halides is 2. The van der Waals surface area contributed by atoms with Crippen LogP contribution in [0.4, 0.5) is 19.0 Å². The first kappa shape index (κ1) is 23.9. The van der Waals surface area contributed by atoms with E-state index in [1.807, 2.05) is 0 Å². The first-order chi connectivity index (χ1) is 16.8. The van der Waals surface area contributed by atoms with Gasteiger partial charge in [0.05, 0.1) is 30.1 Å². The number of hydrogen-bond acceptors (Lipinski definition) is 6. The number of nitrogens with two attached hydrogens (primary N) is 1. The normalized spacial score (nSPS) is 12.1. The Balaban J connectivity index is 1.59. The molecule has 2 aromatic heterocycles. The molecule has 4 rings (SSSR count). The van der Waals surface area contributed by atoms with E-state index in [2.05, 4.69) is 20.6 Å². The zero-order valence-corrected chi connectivity index (χ0v) is 18.5. The molecule has 0 spiro atoms. The lowest BCUT2D eigenvalue weighted by atomic mass is 10.0. The van der Waals surface area contributed by atoms with Crippen LogP contribution >= 0.6 is 0 Å². The number of carbonyl (C=O) groups excluding carboxylic acids is 1. The summed E-state index contributed by atoms with van der Waals surface area (Å²) >= 11 is 0. The molecule has 0 aliphatic rings. The van der Waals surface area contributed by atoms with Crippen molar-refractivity contribution in [3.05, 3.63) is 83.4 Å². The molecule has 2 aromatic carbocycles. The summed E-state index contributed by atoms with van der Waals surface area (Å²) in [4.78, 5) is 16.9. The molecule has 35 heavy (non-hydrogen) atoms. The van der Waals surface area contributed by atoms with Gasteiger partial charge in [-0.3, -0.25) is 4.79 Å². The second-order valence-electron chi connectivity index (χ2n) is 7.77. The van der Waals surface area contributed by atoms with Crippen molar-refractivity contribution in [2.45, 2.75) is 12.5 Å². The van der Waals surface area contributed by atoms with Gasteiger partial charge in [-0.1, -0.05) is 29.5 Å². The first-order valence-electron chi connectivity index (χ1n) is 10.5. The molecule has 11 heteroatoms. The fraction of sp³-hybridized carbons (Fsp3) is 0.167. The molecule has 4 N–H and O–H groups in total. The molecule has 0 radical (unpaired) electrons. The zero-order chi connectivity index (χ0) is 25.1. The number of aromatic nitrogens is 4. The summed E-state index contributed by atoms with van der Waals surface area (Å²) in [5.41, 5.74) is 7.95. The summed E-state index contributed by atoms with van der Waals surface area (Å²) in [6.45, 7) is -0.560. The second-order valence-corrected chi connectivity index (χ2v) is 7.77. The monoisotopic (exact) mass is 482 g/mol. The Morgan fingerprint density at radius 2 is 1.89 bits per heavy atom. The smallest absolute Gasteiger partial charge is 0.263 e. The number of nitrogens with one attached hydrogen (secondary N) is 1. The van der Waals surface area contributed by atoms with Gasteiger partial charge in [-0.2, -0.15) is 0 Å². The second kappa shape index (κ2) is 9.94. The highest BCUT2D eigenvalue weighted by atomic mass is 19.3. The van der Waals surface area contributed by atoms with Gasteiger partial charge >= 0.3 is 0 Å². The molecule has 0 bridgehead atoms. The van der Waals surface area contributed by atoms with Crippen LogP contribution < -0.4 is 11.1 Å². The standard InChI is InChI=1S/C24H21F3N6O2/c1-33-21(11-30-32-33)16-8-18(23(28)29-10-16)13-5-6-17(19(25)9-13)24(35)31-20(12-34)14-3-2-4-15(7-14)22(26)27/h2-11,20,22,34H,12H2,1H3,(H2,28,29)(H,31,35)/t20-/m1/s1. The quantitative estimate of drug-likeness (QED) is 0.370. The van der Waals surface area contributed by atoms with Crippen molar-refractivity contribution in [1.82, 2.24) is 25.3 Å². The van der Waals surface area contributed by atoms with Crippen molar-refractivity contribution in [3.8, 4) is 22.4 Å². The molecule has 0 unspecified atom stereocenters. The number of hydrogen-bond donors (Lipinski definition) is 3. The Labute approximate surface area is 198 Å². The summed E-state index contributed by atoms with van der Waals surface area (Å²) in [5.74, 6) is -1.47. The molecule has 1 amide bonds. The fourth-order valence-corrected chi connectivity index (χ4v) is 3.65. The third-order valence-electron chi connectivity index (χ3n) is 5.51. The lowest BCUT2D eigenvalue weighted by molar-refractivity contribution is 0.0912. The molecular formula is C24H21F3N6O2. The number of amides is 1. The van der Waals surface area contributed by atoms with Gasteiger partial charge in [0.2, 0.25) is 0 Å². The summed E-state index contributed by atoms with van der Waals surface area (Å²) in [6.07, 6.45) is 0.400. The van der Waals surface area contributed by atoms with Gasteiger partial charge in [-0.15, -0.1) is 5.10 Å². The number of halogens is 3. The third kappa shape index (κ3) is 4.99. The molecule has 0 saturated heterocycles. The minimum absolute atomic E-state index is 0.166. The number of anilines is 1. The van der Waals surface area contributed by atoms with Crippen LogP contribution in [0, 0.1) is 5.82 Å². The van der Waals surface area contributed by atoms with Gasteiger partial charge in [-0.25, -0.2) is 22.8 Å². The number of carbonyl (C=O) groups is 1. The average Bonchev–Trinajstić information content (AvgIpc) is 3.28. The van der Waals surface area contributed by atoms with Crippen molar-refractivity contribution in [2.75, 3.05) is 12.3 Å². The van der Waals surface area contributed by atoms with E-state index in [0.29, 0.717) is 22.4 Å². The van der Waals surface area contributed by atoms with Crippen LogP contribution in [0.3, 0.4) is 0 Å². The number of rotatable bonds is 7. The summed E-state index contributed by atoms with van der Waals surface area (Å²) < 4.78 is 42.5. The Morgan fingerprint density at radius 1 is 1.11 bits per heavy atom. The van der Waals surface area contributed by atoms with Crippen LogP contribution in [0.15, 0.2) is 60.9 Å². The molecular weight excluding hydrogens is 461 g/mol. The predicted octanol–water partition coefficient (Wildman–Crippen LogP) is 3.67. The van der Waals surface area contributed by atoms with Gasteiger partial charge in [-0.05, 0) is 35.4 Å². The Kier molecular flexibility index (Phi) is 6.78. The largest absolute Gasteiger partial charge is 0.394 e. The van der Waals surface area contributed by atoms with Crippen LogP contribution in [0.5, 0.6) is 0 Å². The van der Waals surface area contributed by atoms with E-state index in [9.17, 15) is 23.1 Å². The highest BCUT2D eigenvalue weighted by Gasteiger charge is 2.20. The fourth-order valence-electron chi connectivity index (χ4n) is 3.65. The van der Waals surface area contributed by atoms with Crippen LogP contribution in [-0.4, -0.2) is 37.6 Å². The van der Waals surface area contributed by atoms with Crippen molar-refractivity contribution >= 4 is 11.7 Å². The molecule has 2 heterocycles. The number of nitrogens with zero attached hydrogens (tertiary/aromatic N) is 4. The van der Waals surface area contributed by atoms with E-state index >= 15 is 0 Å². The maximum atomic E-state index is 15.0. The van der Waals surface area contributed by atoms with Crippen LogP contribution in [0.2, 0.25) is 0 Å². The lowest BCUT2D eigenvalue weighted by Crippen LogP contribution is -2.31. The molecule has 0 fully saturated rings. The van der Waals surface area contributed by atoms with E-state index in [0.717, 1.165) is 6.07 Å². The topological polar surface area (TPSA) is 119 Å². The first-order valence-corrected chi connectivity index (χ1v) is 10.5. The summed E-state index contributed by atoms with van der Waals surface area (Å²) in [7, 11) is 1.72. The Hall–Kier alpha value is -4.25. The number of aryl methyl sites for hydroxylation is 1. The molecule has 4 aromatic rings. The van der Waals surface area contributed by atoms with Crippen LogP contribution in [0.25, 0.3) is 22.4 Å². The molecule has 0 aliphatic heterocycles. The van der Waals surface area contributed by atoms with Gasteiger partial charge in [0.25, 0.3) is 12.3 Å². The minimum atomic E-state index is -2.70. The molecule has 1 atom stereocenters.